The molecule has 54 heavy (non-hydrogen) atoms. The maximum atomic E-state index is 5.29. The van der Waals surface area contributed by atoms with Crippen molar-refractivity contribution in [3.05, 3.63) is 200 Å². The van der Waals surface area contributed by atoms with Crippen molar-refractivity contribution in [1.29, 1.82) is 0 Å². The summed E-state index contributed by atoms with van der Waals surface area (Å²) >= 11 is 0. The van der Waals surface area contributed by atoms with Crippen LogP contribution in [0, 0.1) is 0 Å². The fourth-order valence-corrected chi connectivity index (χ4v) is 7.65. The van der Waals surface area contributed by atoms with E-state index in [-0.39, 0.29) is 0 Å². The molecule has 0 fully saturated rings. The van der Waals surface area contributed by atoms with Gasteiger partial charge in [0.15, 0.2) is 17.5 Å². The first kappa shape index (κ1) is 31.5. The van der Waals surface area contributed by atoms with Gasteiger partial charge in [-0.1, -0.05) is 182 Å². The minimum Gasteiger partial charge on any atom is -0.208 e. The zero-order valence-corrected chi connectivity index (χ0v) is 29.4. The van der Waals surface area contributed by atoms with Crippen molar-refractivity contribution in [2.45, 2.75) is 0 Å². The van der Waals surface area contributed by atoms with Crippen molar-refractivity contribution in [3.8, 4) is 67.5 Å². The fraction of sp³-hybridized carbons (Fsp3) is 0. The molecule has 0 aliphatic heterocycles. The van der Waals surface area contributed by atoms with Crippen molar-refractivity contribution in [2.75, 3.05) is 0 Å². The van der Waals surface area contributed by atoms with Crippen molar-refractivity contribution < 1.29 is 0 Å². The quantitative estimate of drug-likeness (QED) is 0.175. The lowest BCUT2D eigenvalue weighted by Crippen LogP contribution is -2.01. The molecule has 252 valence electrons. The Bertz CT molecular complexity index is 2970. The third kappa shape index (κ3) is 5.69. The molecule has 1 heterocycles. The van der Waals surface area contributed by atoms with Gasteiger partial charge >= 0.3 is 0 Å². The summed E-state index contributed by atoms with van der Waals surface area (Å²) in [6, 6.07) is 70.5. The first-order valence-electron chi connectivity index (χ1n) is 18.3. The highest BCUT2D eigenvalue weighted by Crippen LogP contribution is 2.39. The zero-order chi connectivity index (χ0) is 35.8. The van der Waals surface area contributed by atoms with Gasteiger partial charge in [0, 0.05) is 16.7 Å². The Kier molecular flexibility index (Phi) is 7.81. The van der Waals surface area contributed by atoms with E-state index in [0.717, 1.165) is 43.8 Å². The summed E-state index contributed by atoms with van der Waals surface area (Å²) in [5, 5.41) is 6.95. The van der Waals surface area contributed by atoms with Gasteiger partial charge in [0.1, 0.15) is 0 Å². The summed E-state index contributed by atoms with van der Waals surface area (Å²) in [5.74, 6) is 1.91. The fourth-order valence-electron chi connectivity index (χ4n) is 7.65. The molecule has 0 aliphatic carbocycles. The molecule has 0 amide bonds. The van der Waals surface area contributed by atoms with Crippen LogP contribution in [0.3, 0.4) is 0 Å². The van der Waals surface area contributed by atoms with Crippen LogP contribution in [0.2, 0.25) is 0 Å². The molecule has 1 aromatic heterocycles. The van der Waals surface area contributed by atoms with Crippen LogP contribution in [0.25, 0.3) is 99.9 Å². The molecule has 0 saturated carbocycles. The number of hydrogen-bond donors (Lipinski definition) is 0. The molecule has 0 N–H and O–H groups in total. The molecule has 0 spiro atoms. The number of benzene rings is 9. The molecule has 0 unspecified atom stereocenters. The molecule has 9 aromatic carbocycles. The third-order valence-electron chi connectivity index (χ3n) is 10.4. The van der Waals surface area contributed by atoms with E-state index in [0.29, 0.717) is 17.5 Å². The average Bonchev–Trinajstić information content (AvgIpc) is 3.26. The number of nitrogens with zero attached hydrogens (tertiary/aromatic N) is 3. The van der Waals surface area contributed by atoms with Crippen molar-refractivity contribution in [3.63, 3.8) is 0 Å². The molecular formula is C51H33N3. The van der Waals surface area contributed by atoms with Gasteiger partial charge in [-0.05, 0) is 83.9 Å². The summed E-state index contributed by atoms with van der Waals surface area (Å²) in [6.45, 7) is 0. The molecule has 0 atom stereocenters. The Morgan fingerprint density at radius 2 is 0.611 bits per heavy atom. The van der Waals surface area contributed by atoms with Gasteiger partial charge in [-0.25, -0.2) is 15.0 Å². The minimum absolute atomic E-state index is 0.633. The lowest BCUT2D eigenvalue weighted by Gasteiger charge is -2.15. The second-order valence-corrected chi connectivity index (χ2v) is 13.6. The highest BCUT2D eigenvalue weighted by Gasteiger charge is 2.18. The van der Waals surface area contributed by atoms with Gasteiger partial charge in [0.05, 0.1) is 0 Å². The van der Waals surface area contributed by atoms with E-state index in [9.17, 15) is 0 Å². The maximum absolute atomic E-state index is 5.29. The van der Waals surface area contributed by atoms with E-state index in [1.807, 2.05) is 6.07 Å². The number of fused-ring (bicyclic) bond motifs is 3. The topological polar surface area (TPSA) is 38.7 Å². The van der Waals surface area contributed by atoms with E-state index in [2.05, 4.69) is 194 Å². The highest BCUT2D eigenvalue weighted by atomic mass is 15.0. The summed E-state index contributed by atoms with van der Waals surface area (Å²) in [6.07, 6.45) is 0. The second kappa shape index (κ2) is 13.4. The van der Waals surface area contributed by atoms with E-state index in [4.69, 9.17) is 15.0 Å². The Labute approximate surface area is 313 Å². The van der Waals surface area contributed by atoms with E-state index < -0.39 is 0 Å². The van der Waals surface area contributed by atoms with Gasteiger partial charge < -0.3 is 0 Å². The van der Waals surface area contributed by atoms with Gasteiger partial charge in [0.25, 0.3) is 0 Å². The minimum atomic E-state index is 0.633. The van der Waals surface area contributed by atoms with Gasteiger partial charge in [-0.3, -0.25) is 0 Å². The zero-order valence-electron chi connectivity index (χ0n) is 29.4. The van der Waals surface area contributed by atoms with Crippen LogP contribution in [0.1, 0.15) is 0 Å². The lowest BCUT2D eigenvalue weighted by molar-refractivity contribution is 1.08. The van der Waals surface area contributed by atoms with Crippen molar-refractivity contribution in [1.82, 2.24) is 15.0 Å². The molecular weight excluding hydrogens is 655 g/mol. The Morgan fingerprint density at radius 3 is 1.20 bits per heavy atom. The standard InChI is InChI=1S/C51H33N3/c1-3-13-34(14-4-1)36-23-26-38(27-24-36)49-52-50(47-31-29-41(37-16-5-2-6-17-37)43-19-9-11-21-45(43)47)54-51(53-49)48-32-30-42(44-20-10-12-22-46(44)48)40-28-25-35-15-7-8-18-39(35)33-40/h1-33H. The maximum Gasteiger partial charge on any atom is 0.164 e. The monoisotopic (exact) mass is 687 g/mol. The first-order valence-corrected chi connectivity index (χ1v) is 18.3. The number of hydrogen-bond acceptors (Lipinski definition) is 3. The van der Waals surface area contributed by atoms with Gasteiger partial charge in [-0.2, -0.15) is 0 Å². The lowest BCUT2D eigenvalue weighted by atomic mass is 9.93. The normalized spacial score (nSPS) is 11.3. The molecule has 0 saturated heterocycles. The molecule has 3 nitrogen and oxygen atoms in total. The summed E-state index contributed by atoms with van der Waals surface area (Å²) < 4.78 is 0. The predicted molar refractivity (Wildman–Crippen MR) is 225 cm³/mol. The SMILES string of the molecule is c1ccc(-c2ccc(-c3nc(-c4ccc(-c5ccccc5)c5ccccc45)nc(-c4ccc(-c5ccc6ccccc6c5)c5ccccc45)n3)cc2)cc1. The van der Waals surface area contributed by atoms with E-state index in [1.54, 1.807) is 0 Å². The van der Waals surface area contributed by atoms with Crippen molar-refractivity contribution in [2.24, 2.45) is 0 Å². The van der Waals surface area contributed by atoms with Crippen LogP contribution in [-0.2, 0) is 0 Å². The first-order chi connectivity index (χ1) is 26.8. The van der Waals surface area contributed by atoms with Gasteiger partial charge in [0.2, 0.25) is 0 Å². The Hall–Kier alpha value is -7.23. The Balaban J connectivity index is 1.17. The molecule has 10 rings (SSSR count). The van der Waals surface area contributed by atoms with Crippen LogP contribution in [-0.4, -0.2) is 15.0 Å². The average molecular weight is 688 g/mol. The number of rotatable bonds is 6. The largest absolute Gasteiger partial charge is 0.208 e. The number of aromatic nitrogens is 3. The summed E-state index contributed by atoms with van der Waals surface area (Å²) in [7, 11) is 0. The van der Waals surface area contributed by atoms with Crippen LogP contribution in [0.5, 0.6) is 0 Å². The molecule has 0 aliphatic rings. The van der Waals surface area contributed by atoms with E-state index >= 15 is 0 Å². The molecule has 0 bridgehead atoms. The van der Waals surface area contributed by atoms with Crippen molar-refractivity contribution >= 4 is 32.3 Å². The van der Waals surface area contributed by atoms with Gasteiger partial charge in [-0.15, -0.1) is 0 Å². The smallest absolute Gasteiger partial charge is 0.164 e. The van der Waals surface area contributed by atoms with Crippen LogP contribution >= 0.6 is 0 Å². The highest BCUT2D eigenvalue weighted by molar-refractivity contribution is 6.06. The van der Waals surface area contributed by atoms with Crippen LogP contribution in [0.4, 0.5) is 0 Å². The molecule has 10 aromatic rings. The molecule has 3 heteroatoms. The van der Waals surface area contributed by atoms with Crippen LogP contribution < -0.4 is 0 Å². The Morgan fingerprint density at radius 1 is 0.222 bits per heavy atom. The summed E-state index contributed by atoms with van der Waals surface area (Å²) in [4.78, 5) is 15.7. The third-order valence-corrected chi connectivity index (χ3v) is 10.4. The summed E-state index contributed by atoms with van der Waals surface area (Å²) in [5.41, 5.74) is 9.88. The molecule has 0 radical (unpaired) electrons. The second-order valence-electron chi connectivity index (χ2n) is 13.6. The predicted octanol–water partition coefficient (Wildman–Crippen LogP) is 13.3. The van der Waals surface area contributed by atoms with E-state index in [1.165, 1.54) is 38.6 Å². The van der Waals surface area contributed by atoms with Crippen LogP contribution in [0.15, 0.2) is 200 Å².